The fraction of sp³-hybridized carbons (Fsp3) is 0.0833. The van der Waals surface area contributed by atoms with E-state index in [0.29, 0.717) is 34.4 Å². The number of carbonyl (C=O) groups excluding carboxylic acids is 1. The molecule has 5 nitrogen and oxygen atoms in total. The number of aromatic nitrogens is 1. The van der Waals surface area contributed by atoms with Crippen molar-refractivity contribution in [2.24, 2.45) is 0 Å². The highest BCUT2D eigenvalue weighted by molar-refractivity contribution is 7.13. The predicted molar refractivity (Wildman–Crippen MR) is 118 cm³/mol. The molecule has 0 spiro atoms. The van der Waals surface area contributed by atoms with E-state index in [1.54, 1.807) is 41.9 Å². The van der Waals surface area contributed by atoms with Crippen LogP contribution in [-0.2, 0) is 13.2 Å². The van der Waals surface area contributed by atoms with Crippen LogP contribution in [0.5, 0.6) is 11.5 Å². The third kappa shape index (κ3) is 5.67. The van der Waals surface area contributed by atoms with Gasteiger partial charge in [0, 0.05) is 11.6 Å². The van der Waals surface area contributed by atoms with Gasteiger partial charge >= 0.3 is 0 Å². The van der Waals surface area contributed by atoms with Crippen LogP contribution in [0, 0.1) is 5.82 Å². The second-order valence-corrected chi connectivity index (χ2v) is 7.54. The molecule has 3 aromatic carbocycles. The van der Waals surface area contributed by atoms with Crippen molar-refractivity contribution in [3.8, 4) is 11.5 Å². The number of benzene rings is 3. The van der Waals surface area contributed by atoms with Crippen molar-refractivity contribution >= 4 is 22.4 Å². The first-order valence-electron chi connectivity index (χ1n) is 9.56. The molecule has 1 N–H and O–H groups in total. The van der Waals surface area contributed by atoms with Gasteiger partial charge in [-0.15, -0.1) is 11.3 Å². The first-order chi connectivity index (χ1) is 15.2. The number of nitrogens with one attached hydrogen (secondary N) is 1. The summed E-state index contributed by atoms with van der Waals surface area (Å²) in [7, 11) is 0. The van der Waals surface area contributed by atoms with Crippen molar-refractivity contribution in [1.82, 2.24) is 4.98 Å². The molecule has 0 unspecified atom stereocenters. The minimum absolute atomic E-state index is 0.176. The van der Waals surface area contributed by atoms with E-state index in [4.69, 9.17) is 9.47 Å². The van der Waals surface area contributed by atoms with Gasteiger partial charge in [0.1, 0.15) is 30.5 Å². The van der Waals surface area contributed by atoms with E-state index in [1.165, 1.54) is 23.5 Å². The second-order valence-electron chi connectivity index (χ2n) is 6.64. The van der Waals surface area contributed by atoms with Crippen LogP contribution in [0.1, 0.15) is 21.5 Å². The van der Waals surface area contributed by atoms with Crippen LogP contribution in [0.25, 0.3) is 0 Å². The number of ether oxygens (including phenoxy) is 2. The van der Waals surface area contributed by atoms with E-state index < -0.39 is 0 Å². The zero-order valence-corrected chi connectivity index (χ0v) is 17.3. The highest BCUT2D eigenvalue weighted by Gasteiger charge is 2.16. The minimum Gasteiger partial charge on any atom is -0.489 e. The van der Waals surface area contributed by atoms with Gasteiger partial charge in [0.15, 0.2) is 5.13 Å². The molecule has 0 atom stereocenters. The monoisotopic (exact) mass is 434 g/mol. The Balaban J connectivity index is 1.53. The van der Waals surface area contributed by atoms with E-state index in [0.717, 1.165) is 5.56 Å². The topological polar surface area (TPSA) is 60.5 Å². The summed E-state index contributed by atoms with van der Waals surface area (Å²) < 4.78 is 25.1. The van der Waals surface area contributed by atoms with Crippen LogP contribution in [0.2, 0.25) is 0 Å². The summed E-state index contributed by atoms with van der Waals surface area (Å²) in [5.74, 6) is 0.222. The Morgan fingerprint density at radius 2 is 1.74 bits per heavy atom. The molecule has 1 amide bonds. The third-order valence-corrected chi connectivity index (χ3v) is 5.07. The summed E-state index contributed by atoms with van der Waals surface area (Å²) in [4.78, 5) is 17.0. The molecule has 0 aliphatic heterocycles. The van der Waals surface area contributed by atoms with Crippen LogP contribution in [-0.4, -0.2) is 10.9 Å². The van der Waals surface area contributed by atoms with Crippen molar-refractivity contribution < 1.29 is 18.7 Å². The van der Waals surface area contributed by atoms with Gasteiger partial charge in [0.05, 0.1) is 5.56 Å². The lowest BCUT2D eigenvalue weighted by Gasteiger charge is -2.14. The quantitative estimate of drug-likeness (QED) is 0.387. The average Bonchev–Trinajstić information content (AvgIpc) is 3.30. The highest BCUT2D eigenvalue weighted by Crippen LogP contribution is 2.27. The summed E-state index contributed by atoms with van der Waals surface area (Å²) in [6.45, 7) is 0.497. The predicted octanol–water partition coefficient (Wildman–Crippen LogP) is 5.69. The fourth-order valence-corrected chi connectivity index (χ4v) is 3.40. The van der Waals surface area contributed by atoms with E-state index in [9.17, 15) is 9.18 Å². The Labute approximate surface area is 183 Å². The van der Waals surface area contributed by atoms with Crippen molar-refractivity contribution in [3.05, 3.63) is 107 Å². The number of carbonyl (C=O) groups is 1. The Bertz CT molecular complexity index is 1150. The van der Waals surface area contributed by atoms with Gasteiger partial charge in [-0.3, -0.25) is 10.1 Å². The molecule has 0 aliphatic carbocycles. The Kier molecular flexibility index (Phi) is 6.54. The number of nitrogens with zero attached hydrogens (tertiary/aromatic N) is 1. The maximum Gasteiger partial charge on any atom is 0.261 e. The molecule has 7 heteroatoms. The third-order valence-electron chi connectivity index (χ3n) is 4.38. The molecule has 0 radical (unpaired) electrons. The number of rotatable bonds is 8. The largest absolute Gasteiger partial charge is 0.489 e. The SMILES string of the molecule is O=C(Nc1nccs1)c1cc(OCc2cccc(F)c2)ccc1OCc1ccccc1. The molecule has 1 heterocycles. The van der Waals surface area contributed by atoms with E-state index in [1.807, 2.05) is 30.3 Å². The highest BCUT2D eigenvalue weighted by atomic mass is 32.1. The maximum atomic E-state index is 13.4. The van der Waals surface area contributed by atoms with Crippen molar-refractivity contribution in [3.63, 3.8) is 0 Å². The van der Waals surface area contributed by atoms with E-state index >= 15 is 0 Å². The molecular weight excluding hydrogens is 415 g/mol. The van der Waals surface area contributed by atoms with Crippen molar-refractivity contribution in [1.29, 1.82) is 0 Å². The second kappa shape index (κ2) is 9.86. The molecule has 4 aromatic rings. The smallest absolute Gasteiger partial charge is 0.261 e. The lowest BCUT2D eigenvalue weighted by Crippen LogP contribution is -2.14. The van der Waals surface area contributed by atoms with Gasteiger partial charge in [0.25, 0.3) is 5.91 Å². The van der Waals surface area contributed by atoms with Crippen LogP contribution in [0.4, 0.5) is 9.52 Å². The molecule has 31 heavy (non-hydrogen) atoms. The first kappa shape index (κ1) is 20.6. The Hall–Kier alpha value is -3.71. The molecule has 0 saturated heterocycles. The molecular formula is C24H19FN2O3S. The van der Waals surface area contributed by atoms with Gasteiger partial charge in [0.2, 0.25) is 0 Å². The molecule has 0 fully saturated rings. The standard InChI is InChI=1S/C24H19FN2O3S/c25-19-8-4-7-18(13-19)16-29-20-9-10-22(30-15-17-5-2-1-3-6-17)21(14-20)23(28)27-24-26-11-12-31-24/h1-14H,15-16H2,(H,26,27,28). The zero-order valence-electron chi connectivity index (χ0n) is 16.5. The summed E-state index contributed by atoms with van der Waals surface area (Å²) in [6, 6.07) is 20.9. The number of anilines is 1. The normalized spacial score (nSPS) is 10.5. The molecule has 1 aromatic heterocycles. The minimum atomic E-state index is -0.353. The van der Waals surface area contributed by atoms with Crippen LogP contribution in [0.15, 0.2) is 84.4 Å². The number of amides is 1. The summed E-state index contributed by atoms with van der Waals surface area (Å²) in [5, 5.41) is 5.04. The van der Waals surface area contributed by atoms with Crippen molar-refractivity contribution in [2.75, 3.05) is 5.32 Å². The summed E-state index contributed by atoms with van der Waals surface area (Å²) in [5.41, 5.74) is 2.00. The number of hydrogen-bond acceptors (Lipinski definition) is 5. The van der Waals surface area contributed by atoms with Gasteiger partial charge in [-0.25, -0.2) is 9.37 Å². The van der Waals surface area contributed by atoms with Gasteiger partial charge in [-0.2, -0.15) is 0 Å². The Morgan fingerprint density at radius 3 is 2.52 bits per heavy atom. The molecule has 156 valence electrons. The van der Waals surface area contributed by atoms with Gasteiger partial charge in [-0.05, 0) is 41.5 Å². The molecule has 0 saturated carbocycles. The fourth-order valence-electron chi connectivity index (χ4n) is 2.88. The maximum absolute atomic E-state index is 13.4. The zero-order chi connectivity index (χ0) is 21.5. The summed E-state index contributed by atoms with van der Waals surface area (Å²) in [6.07, 6.45) is 1.62. The van der Waals surface area contributed by atoms with Gasteiger partial charge in [-0.1, -0.05) is 42.5 Å². The van der Waals surface area contributed by atoms with E-state index in [-0.39, 0.29) is 18.3 Å². The molecule has 4 rings (SSSR count). The lowest BCUT2D eigenvalue weighted by atomic mass is 10.1. The first-order valence-corrected chi connectivity index (χ1v) is 10.4. The van der Waals surface area contributed by atoms with Crippen LogP contribution < -0.4 is 14.8 Å². The summed E-state index contributed by atoms with van der Waals surface area (Å²) >= 11 is 1.32. The lowest BCUT2D eigenvalue weighted by molar-refractivity contribution is 0.102. The van der Waals surface area contributed by atoms with Crippen LogP contribution >= 0.6 is 11.3 Å². The molecule has 0 aliphatic rings. The van der Waals surface area contributed by atoms with Crippen molar-refractivity contribution in [2.45, 2.75) is 13.2 Å². The van der Waals surface area contributed by atoms with Gasteiger partial charge < -0.3 is 9.47 Å². The van der Waals surface area contributed by atoms with Crippen LogP contribution in [0.3, 0.4) is 0 Å². The number of thiazole rings is 1. The van der Waals surface area contributed by atoms with E-state index in [2.05, 4.69) is 10.3 Å². The number of halogens is 1. The average molecular weight is 434 g/mol. The number of hydrogen-bond donors (Lipinski definition) is 1. The molecule has 0 bridgehead atoms. The Morgan fingerprint density at radius 1 is 0.935 bits per heavy atom.